The van der Waals surface area contributed by atoms with E-state index in [2.05, 4.69) is 28.2 Å². The van der Waals surface area contributed by atoms with Gasteiger partial charge in [0, 0.05) is 32.2 Å². The summed E-state index contributed by atoms with van der Waals surface area (Å²) in [5, 5.41) is 4.65. The van der Waals surface area contributed by atoms with Gasteiger partial charge >= 0.3 is 0 Å². The highest BCUT2D eigenvalue weighted by atomic mass is 79.9. The highest BCUT2D eigenvalue weighted by Gasteiger charge is 2.16. The van der Waals surface area contributed by atoms with Crippen molar-refractivity contribution >= 4 is 39.1 Å². The Labute approximate surface area is 174 Å². The van der Waals surface area contributed by atoms with Crippen LogP contribution in [-0.4, -0.2) is 13.7 Å². The summed E-state index contributed by atoms with van der Waals surface area (Å²) in [6, 6.07) is 9.28. The molecule has 2 aromatic carbocycles. The van der Waals surface area contributed by atoms with Crippen molar-refractivity contribution in [3.8, 4) is 11.5 Å². The second-order valence-corrected chi connectivity index (χ2v) is 7.60. The molecule has 0 spiro atoms. The molecule has 1 N–H and O–H groups in total. The van der Waals surface area contributed by atoms with Gasteiger partial charge in [0.25, 0.3) is 0 Å². The summed E-state index contributed by atoms with van der Waals surface area (Å²) in [5.41, 5.74) is 1.78. The lowest BCUT2D eigenvalue weighted by molar-refractivity contribution is 0.280. The van der Waals surface area contributed by atoms with E-state index in [0.29, 0.717) is 28.1 Å². The highest BCUT2D eigenvalue weighted by Crippen LogP contribution is 2.37. The molecule has 0 aliphatic rings. The zero-order valence-electron chi connectivity index (χ0n) is 15.1. The van der Waals surface area contributed by atoms with Crippen LogP contribution in [0.1, 0.15) is 37.3 Å². The first-order chi connectivity index (χ1) is 12.6. The van der Waals surface area contributed by atoms with Gasteiger partial charge in [0.05, 0.1) is 7.11 Å². The normalized spacial score (nSPS) is 10.8. The van der Waals surface area contributed by atoms with Crippen molar-refractivity contribution in [2.45, 2.75) is 39.3 Å². The maximum Gasteiger partial charge on any atom is 0.167 e. The molecule has 0 saturated carbocycles. The standard InChI is InChI=1S/C20H24BrCl2NO2/c1-3-4-5-11-24-12-14-16(21)9-10-19(25-2)20(14)26-13-15-17(22)7-6-8-18(15)23/h6-10,24H,3-5,11-13H2,1-2H3. The Morgan fingerprint density at radius 3 is 2.42 bits per heavy atom. The first kappa shape index (κ1) is 21.4. The SMILES string of the molecule is CCCCCNCc1c(Br)ccc(OC)c1OCc1c(Cl)cccc1Cl. The Morgan fingerprint density at radius 2 is 1.77 bits per heavy atom. The summed E-state index contributed by atoms with van der Waals surface area (Å²) in [6.45, 7) is 4.12. The average Bonchev–Trinajstić information content (AvgIpc) is 2.63. The molecule has 0 saturated heterocycles. The number of ether oxygens (including phenoxy) is 2. The zero-order chi connectivity index (χ0) is 18.9. The van der Waals surface area contributed by atoms with Crippen LogP contribution in [-0.2, 0) is 13.2 Å². The molecule has 26 heavy (non-hydrogen) atoms. The van der Waals surface area contributed by atoms with Gasteiger partial charge < -0.3 is 14.8 Å². The third-order valence-corrected chi connectivity index (χ3v) is 5.52. The average molecular weight is 461 g/mol. The number of benzene rings is 2. The van der Waals surface area contributed by atoms with Crippen molar-refractivity contribution in [1.82, 2.24) is 5.32 Å². The second-order valence-electron chi connectivity index (χ2n) is 5.93. The Balaban J connectivity index is 2.18. The van der Waals surface area contributed by atoms with E-state index in [1.807, 2.05) is 18.2 Å². The molecule has 6 heteroatoms. The van der Waals surface area contributed by atoms with E-state index < -0.39 is 0 Å². The van der Waals surface area contributed by atoms with Crippen LogP contribution in [0.2, 0.25) is 10.0 Å². The lowest BCUT2D eigenvalue weighted by atomic mass is 10.1. The van der Waals surface area contributed by atoms with Crippen LogP contribution in [0.15, 0.2) is 34.8 Å². The fourth-order valence-electron chi connectivity index (χ4n) is 2.59. The minimum absolute atomic E-state index is 0.272. The Morgan fingerprint density at radius 1 is 1.04 bits per heavy atom. The van der Waals surface area contributed by atoms with E-state index >= 15 is 0 Å². The molecule has 0 atom stereocenters. The Bertz CT molecular complexity index is 705. The maximum absolute atomic E-state index is 6.26. The first-order valence-corrected chi connectivity index (χ1v) is 10.2. The van der Waals surface area contributed by atoms with Crippen molar-refractivity contribution in [3.63, 3.8) is 0 Å². The van der Waals surface area contributed by atoms with E-state index in [1.165, 1.54) is 12.8 Å². The van der Waals surface area contributed by atoms with Gasteiger partial charge in [0.1, 0.15) is 6.61 Å². The molecule has 0 aromatic heterocycles. The number of unbranched alkanes of at least 4 members (excludes halogenated alkanes) is 2. The topological polar surface area (TPSA) is 30.5 Å². The number of hydrogen-bond donors (Lipinski definition) is 1. The van der Waals surface area contributed by atoms with Crippen LogP contribution in [0, 0.1) is 0 Å². The molecule has 142 valence electrons. The molecule has 3 nitrogen and oxygen atoms in total. The van der Waals surface area contributed by atoms with Crippen molar-refractivity contribution in [3.05, 3.63) is 56.0 Å². The minimum atomic E-state index is 0.272. The Kier molecular flexibility index (Phi) is 9.06. The van der Waals surface area contributed by atoms with Crippen LogP contribution < -0.4 is 14.8 Å². The van der Waals surface area contributed by atoms with E-state index in [-0.39, 0.29) is 6.61 Å². The molecule has 0 heterocycles. The molecule has 2 rings (SSSR count). The summed E-state index contributed by atoms with van der Waals surface area (Å²) in [6.07, 6.45) is 3.58. The first-order valence-electron chi connectivity index (χ1n) is 8.70. The van der Waals surface area contributed by atoms with E-state index in [1.54, 1.807) is 19.2 Å². The third-order valence-electron chi connectivity index (χ3n) is 4.07. The Hall–Kier alpha value is -0.940. The molecule has 0 aliphatic heterocycles. The van der Waals surface area contributed by atoms with E-state index in [0.717, 1.165) is 28.6 Å². The summed E-state index contributed by atoms with van der Waals surface area (Å²) in [5.74, 6) is 1.38. The highest BCUT2D eigenvalue weighted by molar-refractivity contribution is 9.10. The van der Waals surface area contributed by atoms with E-state index in [9.17, 15) is 0 Å². The van der Waals surface area contributed by atoms with Gasteiger partial charge in [-0.05, 0) is 37.2 Å². The number of nitrogens with one attached hydrogen (secondary N) is 1. The van der Waals surface area contributed by atoms with E-state index in [4.69, 9.17) is 32.7 Å². The second kappa shape index (κ2) is 11.0. The molecule has 0 fully saturated rings. The van der Waals surface area contributed by atoms with Crippen LogP contribution >= 0.6 is 39.1 Å². The van der Waals surface area contributed by atoms with Gasteiger partial charge in [-0.15, -0.1) is 0 Å². The summed E-state index contributed by atoms with van der Waals surface area (Å²) in [4.78, 5) is 0. The molecule has 2 aromatic rings. The summed E-state index contributed by atoms with van der Waals surface area (Å²) < 4.78 is 12.6. The number of halogens is 3. The van der Waals surface area contributed by atoms with Crippen LogP contribution in [0.4, 0.5) is 0 Å². The largest absolute Gasteiger partial charge is 0.493 e. The van der Waals surface area contributed by atoms with Crippen molar-refractivity contribution in [2.24, 2.45) is 0 Å². The van der Waals surface area contributed by atoms with Gasteiger partial charge in [-0.1, -0.05) is 65.0 Å². The van der Waals surface area contributed by atoms with Crippen LogP contribution in [0.25, 0.3) is 0 Å². The predicted molar refractivity (Wildman–Crippen MR) is 113 cm³/mol. The van der Waals surface area contributed by atoms with Gasteiger partial charge in [0.15, 0.2) is 11.5 Å². The molecular formula is C20H24BrCl2NO2. The monoisotopic (exact) mass is 459 g/mol. The summed E-state index contributed by atoms with van der Waals surface area (Å²) in [7, 11) is 1.64. The minimum Gasteiger partial charge on any atom is -0.493 e. The van der Waals surface area contributed by atoms with Crippen molar-refractivity contribution < 1.29 is 9.47 Å². The zero-order valence-corrected chi connectivity index (χ0v) is 18.2. The molecule has 0 aliphatic carbocycles. The van der Waals surface area contributed by atoms with Crippen LogP contribution in [0.5, 0.6) is 11.5 Å². The number of hydrogen-bond acceptors (Lipinski definition) is 3. The quantitative estimate of drug-likeness (QED) is 0.404. The van der Waals surface area contributed by atoms with Crippen molar-refractivity contribution in [1.29, 1.82) is 0 Å². The predicted octanol–water partition coefficient (Wildman–Crippen LogP) is 6.62. The molecular weight excluding hydrogens is 437 g/mol. The van der Waals surface area contributed by atoms with Gasteiger partial charge in [-0.3, -0.25) is 0 Å². The number of methoxy groups -OCH3 is 1. The lowest BCUT2D eigenvalue weighted by Crippen LogP contribution is -2.16. The fourth-order valence-corrected chi connectivity index (χ4v) is 3.55. The van der Waals surface area contributed by atoms with Gasteiger partial charge in [-0.25, -0.2) is 0 Å². The lowest BCUT2D eigenvalue weighted by Gasteiger charge is -2.18. The third kappa shape index (κ3) is 5.78. The fraction of sp³-hybridized carbons (Fsp3) is 0.400. The molecule has 0 amide bonds. The molecule has 0 radical (unpaired) electrons. The van der Waals surface area contributed by atoms with Crippen LogP contribution in [0.3, 0.4) is 0 Å². The molecule has 0 unspecified atom stereocenters. The van der Waals surface area contributed by atoms with Gasteiger partial charge in [-0.2, -0.15) is 0 Å². The smallest absolute Gasteiger partial charge is 0.167 e. The summed E-state index contributed by atoms with van der Waals surface area (Å²) >= 11 is 16.1. The van der Waals surface area contributed by atoms with Gasteiger partial charge in [0.2, 0.25) is 0 Å². The number of rotatable bonds is 10. The molecule has 0 bridgehead atoms. The van der Waals surface area contributed by atoms with Crippen molar-refractivity contribution in [2.75, 3.05) is 13.7 Å². The maximum atomic E-state index is 6.26.